The van der Waals surface area contributed by atoms with Crippen LogP contribution in [0.15, 0.2) is 47.1 Å². The average molecular weight is 446 g/mol. The van der Waals surface area contributed by atoms with Crippen molar-refractivity contribution in [1.82, 2.24) is 0 Å². The molecule has 0 N–H and O–H groups in total. The number of halogens is 1. The van der Waals surface area contributed by atoms with Crippen LogP contribution >= 0.6 is 11.6 Å². The maximum absolute atomic E-state index is 12.3. The first-order valence-corrected chi connectivity index (χ1v) is 9.66. The van der Waals surface area contributed by atoms with Gasteiger partial charge in [0.2, 0.25) is 5.90 Å². The molecule has 1 aliphatic heterocycles. The van der Waals surface area contributed by atoms with E-state index < -0.39 is 11.9 Å². The van der Waals surface area contributed by atoms with Crippen molar-refractivity contribution in [3.8, 4) is 17.2 Å². The van der Waals surface area contributed by atoms with Gasteiger partial charge in [-0.05, 0) is 55.0 Å². The quantitative estimate of drug-likeness (QED) is 0.452. The van der Waals surface area contributed by atoms with Gasteiger partial charge in [-0.3, -0.25) is 0 Å². The van der Waals surface area contributed by atoms with Gasteiger partial charge in [0.15, 0.2) is 23.8 Å². The van der Waals surface area contributed by atoms with E-state index >= 15 is 0 Å². The molecule has 0 bridgehead atoms. The van der Waals surface area contributed by atoms with E-state index in [1.807, 2.05) is 0 Å². The largest absolute Gasteiger partial charge is 0.497 e. The molecule has 9 heteroatoms. The van der Waals surface area contributed by atoms with Crippen LogP contribution in [-0.2, 0) is 19.1 Å². The zero-order chi connectivity index (χ0) is 22.4. The van der Waals surface area contributed by atoms with Crippen LogP contribution in [0.25, 0.3) is 6.08 Å². The third-order valence-corrected chi connectivity index (χ3v) is 4.44. The van der Waals surface area contributed by atoms with Crippen LogP contribution in [0, 0.1) is 0 Å². The molecular formula is C22H20ClNO7. The van der Waals surface area contributed by atoms with Gasteiger partial charge in [0.25, 0.3) is 0 Å². The number of methoxy groups -OCH3 is 2. The highest BCUT2D eigenvalue weighted by molar-refractivity contribution is 6.32. The molecular weight excluding hydrogens is 426 g/mol. The highest BCUT2D eigenvalue weighted by Crippen LogP contribution is 2.37. The monoisotopic (exact) mass is 445 g/mol. The van der Waals surface area contributed by atoms with Gasteiger partial charge >= 0.3 is 11.9 Å². The summed E-state index contributed by atoms with van der Waals surface area (Å²) in [7, 11) is 2.82. The lowest BCUT2D eigenvalue weighted by molar-refractivity contribution is -0.143. The van der Waals surface area contributed by atoms with E-state index in [0.717, 1.165) is 0 Å². The highest BCUT2D eigenvalue weighted by Gasteiger charge is 2.24. The second kappa shape index (κ2) is 9.99. The lowest BCUT2D eigenvalue weighted by Crippen LogP contribution is -2.13. The van der Waals surface area contributed by atoms with Gasteiger partial charge in [-0.25, -0.2) is 14.6 Å². The van der Waals surface area contributed by atoms with Crippen molar-refractivity contribution in [2.24, 2.45) is 4.99 Å². The second-order valence-corrected chi connectivity index (χ2v) is 6.60. The van der Waals surface area contributed by atoms with Crippen LogP contribution in [-0.4, -0.2) is 45.3 Å². The van der Waals surface area contributed by atoms with Crippen molar-refractivity contribution < 1.29 is 33.3 Å². The van der Waals surface area contributed by atoms with Gasteiger partial charge in [-0.15, -0.1) is 0 Å². The summed E-state index contributed by atoms with van der Waals surface area (Å²) in [5.41, 5.74) is 1.29. The van der Waals surface area contributed by atoms with E-state index in [1.54, 1.807) is 50.4 Å². The molecule has 1 aliphatic rings. The van der Waals surface area contributed by atoms with E-state index in [2.05, 4.69) is 9.73 Å². The summed E-state index contributed by atoms with van der Waals surface area (Å²) in [4.78, 5) is 27.9. The van der Waals surface area contributed by atoms with Gasteiger partial charge < -0.3 is 23.7 Å². The summed E-state index contributed by atoms with van der Waals surface area (Å²) in [6.45, 7) is 1.81. The van der Waals surface area contributed by atoms with Crippen molar-refractivity contribution >= 4 is 35.5 Å². The molecule has 0 saturated heterocycles. The van der Waals surface area contributed by atoms with E-state index in [4.69, 9.17) is 30.5 Å². The second-order valence-electron chi connectivity index (χ2n) is 6.19. The molecule has 1 heterocycles. The molecule has 8 nitrogen and oxygen atoms in total. The summed E-state index contributed by atoms with van der Waals surface area (Å²) in [6.07, 6.45) is 1.53. The number of benzene rings is 2. The average Bonchev–Trinajstić information content (AvgIpc) is 3.13. The topological polar surface area (TPSA) is 92.6 Å². The van der Waals surface area contributed by atoms with Gasteiger partial charge in [0.1, 0.15) is 5.75 Å². The van der Waals surface area contributed by atoms with Crippen molar-refractivity contribution in [1.29, 1.82) is 0 Å². The molecule has 2 aromatic carbocycles. The van der Waals surface area contributed by atoms with Crippen LogP contribution in [0.3, 0.4) is 0 Å². The lowest BCUT2D eigenvalue weighted by atomic mass is 10.1. The maximum atomic E-state index is 12.3. The Morgan fingerprint density at radius 2 is 1.90 bits per heavy atom. The SMILES string of the molecule is CCOc1cc(/C=C2/N=C(c3ccc(OC)cc3)OC2=O)cc(Cl)c1OCC(=O)OC. The number of carbonyl (C=O) groups is 2. The molecule has 0 spiro atoms. The number of nitrogens with zero attached hydrogens (tertiary/aromatic N) is 1. The smallest absolute Gasteiger partial charge is 0.363 e. The van der Waals surface area contributed by atoms with Crippen LogP contribution in [0.4, 0.5) is 0 Å². The molecule has 0 aliphatic carbocycles. The van der Waals surface area contributed by atoms with Crippen molar-refractivity contribution in [3.63, 3.8) is 0 Å². The minimum absolute atomic E-state index is 0.104. The molecule has 2 aromatic rings. The number of esters is 2. The first-order valence-electron chi connectivity index (χ1n) is 9.28. The maximum Gasteiger partial charge on any atom is 0.363 e. The van der Waals surface area contributed by atoms with E-state index in [9.17, 15) is 9.59 Å². The predicted molar refractivity (Wildman–Crippen MR) is 114 cm³/mol. The normalized spacial score (nSPS) is 14.1. The summed E-state index contributed by atoms with van der Waals surface area (Å²) in [5, 5.41) is 0.201. The zero-order valence-corrected chi connectivity index (χ0v) is 17.9. The Balaban J connectivity index is 1.89. The lowest BCUT2D eigenvalue weighted by Gasteiger charge is -2.13. The molecule has 3 rings (SSSR count). The van der Waals surface area contributed by atoms with Gasteiger partial charge in [0, 0.05) is 5.56 Å². The molecule has 162 valence electrons. The van der Waals surface area contributed by atoms with Crippen LogP contribution in [0.1, 0.15) is 18.1 Å². The molecule has 0 saturated carbocycles. The number of hydrogen-bond acceptors (Lipinski definition) is 8. The molecule has 0 radical (unpaired) electrons. The summed E-state index contributed by atoms with van der Waals surface area (Å²) in [6, 6.07) is 10.2. The number of carbonyl (C=O) groups excluding carboxylic acids is 2. The first-order chi connectivity index (χ1) is 14.9. The van der Waals surface area contributed by atoms with Crippen LogP contribution < -0.4 is 14.2 Å². The summed E-state index contributed by atoms with van der Waals surface area (Å²) in [5.74, 6) is 0.235. The highest BCUT2D eigenvalue weighted by atomic mass is 35.5. The Hall–Kier alpha value is -3.52. The summed E-state index contributed by atoms with van der Waals surface area (Å²) >= 11 is 6.32. The van der Waals surface area contributed by atoms with E-state index in [0.29, 0.717) is 29.2 Å². The third-order valence-electron chi connectivity index (χ3n) is 4.15. The molecule has 0 atom stereocenters. The number of cyclic esters (lactones) is 1. The Morgan fingerprint density at radius 1 is 1.16 bits per heavy atom. The Labute approximate surface area is 184 Å². The predicted octanol–water partition coefficient (Wildman–Crippen LogP) is 3.64. The molecule has 0 amide bonds. The fraction of sp³-hybridized carbons (Fsp3) is 0.227. The van der Waals surface area contributed by atoms with Crippen molar-refractivity contribution in [2.75, 3.05) is 27.4 Å². The van der Waals surface area contributed by atoms with Gasteiger partial charge in [-0.2, -0.15) is 0 Å². The minimum Gasteiger partial charge on any atom is -0.497 e. The Kier molecular flexibility index (Phi) is 7.15. The molecule has 31 heavy (non-hydrogen) atoms. The zero-order valence-electron chi connectivity index (χ0n) is 17.1. The third kappa shape index (κ3) is 5.35. The minimum atomic E-state index is -0.592. The van der Waals surface area contributed by atoms with Crippen molar-refractivity contribution in [2.45, 2.75) is 6.92 Å². The fourth-order valence-corrected chi connectivity index (χ4v) is 2.96. The van der Waals surface area contributed by atoms with Crippen LogP contribution in [0.2, 0.25) is 5.02 Å². The number of hydrogen-bond donors (Lipinski definition) is 0. The number of rotatable bonds is 8. The molecule has 0 unspecified atom stereocenters. The van der Waals surface area contributed by atoms with Gasteiger partial charge in [-0.1, -0.05) is 11.6 Å². The first kappa shape index (κ1) is 22.2. The fourth-order valence-electron chi connectivity index (χ4n) is 2.69. The Bertz CT molecular complexity index is 1040. The van der Waals surface area contributed by atoms with Gasteiger partial charge in [0.05, 0.1) is 25.8 Å². The van der Waals surface area contributed by atoms with E-state index in [-0.39, 0.29) is 29.0 Å². The molecule has 0 aromatic heterocycles. The van der Waals surface area contributed by atoms with Crippen LogP contribution in [0.5, 0.6) is 17.2 Å². The Morgan fingerprint density at radius 3 is 2.55 bits per heavy atom. The molecule has 0 fully saturated rings. The van der Waals surface area contributed by atoms with E-state index in [1.165, 1.54) is 13.2 Å². The number of aliphatic imine (C=N–C) groups is 1. The summed E-state index contributed by atoms with van der Waals surface area (Å²) < 4.78 is 26.0. The van der Waals surface area contributed by atoms with Crippen molar-refractivity contribution in [3.05, 3.63) is 58.2 Å². The number of ether oxygens (including phenoxy) is 5. The standard InChI is InChI=1S/C22H20ClNO7/c1-4-29-18-11-13(9-16(23)20(18)30-12-19(25)28-3)10-17-22(26)31-21(24-17)14-5-7-15(27-2)8-6-14/h5-11H,4,12H2,1-3H3/b17-10+.